The highest BCUT2D eigenvalue weighted by molar-refractivity contribution is 6.74. The molecule has 0 spiro atoms. The topological polar surface area (TPSA) is 102 Å². The molecular formula is C27H44O9Si. The van der Waals surface area contributed by atoms with Crippen molar-refractivity contribution < 1.29 is 42.7 Å². The molecule has 2 saturated heterocycles. The number of hydrogen-bond donors (Lipinski definition) is 1. The van der Waals surface area contributed by atoms with Crippen LogP contribution in [0.4, 0.5) is 0 Å². The first-order chi connectivity index (χ1) is 17.1. The molecule has 10 heteroatoms. The smallest absolute Gasteiger partial charge is 0.366 e. The molecule has 1 aromatic rings. The molecule has 0 bridgehead atoms. The van der Waals surface area contributed by atoms with Gasteiger partial charge in [-0.3, -0.25) is 0 Å². The van der Waals surface area contributed by atoms with Gasteiger partial charge in [-0.15, -0.1) is 0 Å². The summed E-state index contributed by atoms with van der Waals surface area (Å²) in [5, 5.41) is 11.5. The van der Waals surface area contributed by atoms with Gasteiger partial charge in [-0.05, 0) is 37.5 Å². The lowest BCUT2D eigenvalue weighted by Crippen LogP contribution is -2.64. The minimum absolute atomic E-state index is 0.00475. The molecular weight excluding hydrogens is 496 g/mol. The average Bonchev–Trinajstić information content (AvgIpc) is 3.16. The van der Waals surface area contributed by atoms with Crippen molar-refractivity contribution in [1.29, 1.82) is 0 Å². The lowest BCUT2D eigenvalue weighted by Gasteiger charge is -2.46. The van der Waals surface area contributed by atoms with E-state index in [9.17, 15) is 9.90 Å². The molecule has 37 heavy (non-hydrogen) atoms. The molecule has 3 rings (SSSR count). The third-order valence-corrected chi connectivity index (χ3v) is 12.1. The Kier molecular flexibility index (Phi) is 9.29. The number of ether oxygens (including phenoxy) is 6. The zero-order chi connectivity index (χ0) is 27.6. The van der Waals surface area contributed by atoms with E-state index < -0.39 is 56.4 Å². The Balaban J connectivity index is 1.89. The van der Waals surface area contributed by atoms with Crippen LogP contribution in [0, 0.1) is 0 Å². The number of carbonyl (C=O) groups is 1. The van der Waals surface area contributed by atoms with E-state index in [2.05, 4.69) is 33.9 Å². The van der Waals surface area contributed by atoms with E-state index in [0.717, 1.165) is 5.56 Å². The molecule has 2 fully saturated rings. The number of benzene rings is 1. The summed E-state index contributed by atoms with van der Waals surface area (Å²) in [6.07, 6.45) is -4.30. The number of aliphatic hydroxyl groups excluding tert-OH is 1. The maximum Gasteiger partial charge on any atom is 0.366 e. The fourth-order valence-corrected chi connectivity index (χ4v) is 5.42. The predicted molar refractivity (Wildman–Crippen MR) is 139 cm³/mol. The van der Waals surface area contributed by atoms with E-state index in [0.29, 0.717) is 0 Å². The normalized spacial score (nSPS) is 32.3. The molecule has 0 radical (unpaired) electrons. The summed E-state index contributed by atoms with van der Waals surface area (Å²) in [5.74, 6) is -3.44. The van der Waals surface area contributed by atoms with Crippen molar-refractivity contribution in [2.45, 2.75) is 108 Å². The van der Waals surface area contributed by atoms with Gasteiger partial charge >= 0.3 is 5.97 Å². The Morgan fingerprint density at radius 1 is 1.08 bits per heavy atom. The standard InChI is InChI=1S/C27H44O9Si/c1-25(2,3)37(8,9)33-17-20-22(35-26(4,5)34-20)23-21(28)19(32-16-18-13-11-10-12-14-18)15-27(31-7,36-23)24(29)30-6/h10-14,19-23,28H,15-17H2,1-9H3/t19-,20+,21+,22+,23?,27-/m0/s1. The van der Waals surface area contributed by atoms with Crippen LogP contribution in [0.25, 0.3) is 0 Å². The van der Waals surface area contributed by atoms with Gasteiger partial charge < -0.3 is 38.0 Å². The maximum atomic E-state index is 12.9. The highest BCUT2D eigenvalue weighted by atomic mass is 28.4. The molecule has 2 aliphatic rings. The van der Waals surface area contributed by atoms with Gasteiger partial charge in [0.2, 0.25) is 0 Å². The Morgan fingerprint density at radius 2 is 1.73 bits per heavy atom. The van der Waals surface area contributed by atoms with Gasteiger partial charge in [0.1, 0.15) is 24.4 Å². The fourth-order valence-electron chi connectivity index (χ4n) is 4.41. The zero-order valence-corrected chi connectivity index (χ0v) is 24.6. The van der Waals surface area contributed by atoms with Gasteiger partial charge in [-0.2, -0.15) is 0 Å². The molecule has 9 nitrogen and oxygen atoms in total. The fraction of sp³-hybridized carbons (Fsp3) is 0.741. The van der Waals surface area contributed by atoms with Crippen molar-refractivity contribution in [3.8, 4) is 0 Å². The Labute approximate surface area is 221 Å². The molecule has 0 aromatic heterocycles. The number of aliphatic hydroxyl groups is 1. The number of hydrogen-bond acceptors (Lipinski definition) is 9. The molecule has 2 aliphatic heterocycles. The first-order valence-electron chi connectivity index (χ1n) is 12.8. The van der Waals surface area contributed by atoms with Crippen molar-refractivity contribution in [3.05, 3.63) is 35.9 Å². The summed E-state index contributed by atoms with van der Waals surface area (Å²) in [7, 11) is 0.534. The maximum absolute atomic E-state index is 12.9. The molecule has 1 N–H and O–H groups in total. The second-order valence-corrected chi connectivity index (χ2v) is 16.6. The van der Waals surface area contributed by atoms with Crippen LogP contribution >= 0.6 is 0 Å². The van der Waals surface area contributed by atoms with Gasteiger partial charge in [-0.1, -0.05) is 51.1 Å². The van der Waals surface area contributed by atoms with E-state index in [4.69, 9.17) is 32.8 Å². The first-order valence-corrected chi connectivity index (χ1v) is 15.7. The summed E-state index contributed by atoms with van der Waals surface area (Å²) in [6, 6.07) is 9.60. The minimum atomic E-state index is -2.10. The predicted octanol–water partition coefficient (Wildman–Crippen LogP) is 3.78. The molecule has 0 amide bonds. The largest absolute Gasteiger partial charge is 0.465 e. The van der Waals surface area contributed by atoms with Crippen molar-refractivity contribution in [2.24, 2.45) is 0 Å². The summed E-state index contributed by atoms with van der Waals surface area (Å²) in [4.78, 5) is 12.9. The Bertz CT molecular complexity index is 901. The van der Waals surface area contributed by atoms with Crippen molar-refractivity contribution in [1.82, 2.24) is 0 Å². The van der Waals surface area contributed by atoms with Crippen molar-refractivity contribution in [2.75, 3.05) is 20.8 Å². The summed E-state index contributed by atoms with van der Waals surface area (Å²) >= 11 is 0. The molecule has 210 valence electrons. The summed E-state index contributed by atoms with van der Waals surface area (Å²) in [5.41, 5.74) is 0.932. The molecule has 6 atom stereocenters. The van der Waals surface area contributed by atoms with Crippen molar-refractivity contribution >= 4 is 14.3 Å². The van der Waals surface area contributed by atoms with Crippen LogP contribution in [0.5, 0.6) is 0 Å². The first kappa shape index (κ1) is 30.2. The summed E-state index contributed by atoms with van der Waals surface area (Å²) < 4.78 is 41.9. The van der Waals surface area contributed by atoms with Crippen LogP contribution in [0.3, 0.4) is 0 Å². The molecule has 0 saturated carbocycles. The van der Waals surface area contributed by atoms with E-state index in [1.54, 1.807) is 13.8 Å². The SMILES string of the molecule is COC(=O)[C@]1(OC)C[C@H](OCc2ccccc2)[C@@H](O)C([C@@H]2OC(C)(C)O[C@@H]2CO[Si](C)(C)C(C)(C)C)O1. The van der Waals surface area contributed by atoms with Gasteiger partial charge in [-0.25, -0.2) is 4.79 Å². The van der Waals surface area contributed by atoms with Crippen LogP contribution < -0.4 is 0 Å². The van der Waals surface area contributed by atoms with Gasteiger partial charge in [0.05, 0.1) is 26.4 Å². The summed E-state index contributed by atoms with van der Waals surface area (Å²) in [6.45, 7) is 14.9. The lowest BCUT2D eigenvalue weighted by atomic mass is 9.90. The molecule has 2 heterocycles. The van der Waals surface area contributed by atoms with E-state index >= 15 is 0 Å². The van der Waals surface area contributed by atoms with E-state index in [1.165, 1.54) is 14.2 Å². The van der Waals surface area contributed by atoms with Gasteiger partial charge in [0.15, 0.2) is 14.1 Å². The molecule has 1 unspecified atom stereocenters. The third-order valence-electron chi connectivity index (χ3n) is 7.61. The second kappa shape index (κ2) is 11.4. The molecule has 0 aliphatic carbocycles. The van der Waals surface area contributed by atoms with Crippen molar-refractivity contribution in [3.63, 3.8) is 0 Å². The van der Waals surface area contributed by atoms with E-state index in [-0.39, 0.29) is 24.7 Å². The van der Waals surface area contributed by atoms with E-state index in [1.807, 2.05) is 30.3 Å². The number of esters is 1. The van der Waals surface area contributed by atoms with Gasteiger partial charge in [0.25, 0.3) is 5.79 Å². The van der Waals surface area contributed by atoms with Crippen LogP contribution in [-0.2, 0) is 44.2 Å². The van der Waals surface area contributed by atoms with Crippen LogP contribution in [-0.4, -0.2) is 82.3 Å². The Morgan fingerprint density at radius 3 is 2.30 bits per heavy atom. The minimum Gasteiger partial charge on any atom is -0.465 e. The third kappa shape index (κ3) is 6.80. The quantitative estimate of drug-likeness (QED) is 0.370. The monoisotopic (exact) mass is 540 g/mol. The number of methoxy groups -OCH3 is 2. The zero-order valence-electron chi connectivity index (χ0n) is 23.6. The average molecular weight is 541 g/mol. The number of rotatable bonds is 9. The lowest BCUT2D eigenvalue weighted by molar-refractivity contribution is -0.325. The Hall–Kier alpha value is -1.37. The highest BCUT2D eigenvalue weighted by Gasteiger charge is 2.59. The van der Waals surface area contributed by atoms with Crippen LogP contribution in [0.2, 0.25) is 18.1 Å². The van der Waals surface area contributed by atoms with Gasteiger partial charge in [0, 0.05) is 13.5 Å². The highest BCUT2D eigenvalue weighted by Crippen LogP contribution is 2.42. The number of carbonyl (C=O) groups excluding carboxylic acids is 1. The second-order valence-electron chi connectivity index (χ2n) is 11.8. The van der Waals surface area contributed by atoms with Crippen LogP contribution in [0.15, 0.2) is 30.3 Å². The molecule has 1 aromatic carbocycles. The van der Waals surface area contributed by atoms with Crippen LogP contribution in [0.1, 0.15) is 46.6 Å².